The summed E-state index contributed by atoms with van der Waals surface area (Å²) in [5.41, 5.74) is 1.77. The zero-order valence-corrected chi connectivity index (χ0v) is 19.4. The highest BCUT2D eigenvalue weighted by Crippen LogP contribution is 2.27. The van der Waals surface area contributed by atoms with Gasteiger partial charge in [0.25, 0.3) is 5.91 Å². The van der Waals surface area contributed by atoms with E-state index in [4.69, 9.17) is 0 Å². The topological polar surface area (TPSA) is 66.5 Å². The minimum atomic E-state index is -3.79. The normalized spacial score (nSPS) is 13.9. The van der Waals surface area contributed by atoms with Crippen LogP contribution in [0.3, 0.4) is 0 Å². The summed E-state index contributed by atoms with van der Waals surface area (Å²) in [6.07, 6.45) is 3.98. The van der Waals surface area contributed by atoms with Crippen molar-refractivity contribution in [2.75, 3.05) is 25.6 Å². The second-order valence-corrected chi connectivity index (χ2v) is 11.1. The molecule has 0 aromatic heterocycles. The molecule has 0 aliphatic heterocycles. The van der Waals surface area contributed by atoms with E-state index in [9.17, 15) is 13.2 Å². The zero-order chi connectivity index (χ0) is 21.6. The van der Waals surface area contributed by atoms with Crippen LogP contribution in [0.5, 0.6) is 0 Å². The van der Waals surface area contributed by atoms with Crippen LogP contribution in [0.15, 0.2) is 59.5 Å². The van der Waals surface area contributed by atoms with Crippen molar-refractivity contribution in [2.45, 2.75) is 37.0 Å². The van der Waals surface area contributed by atoms with E-state index in [2.05, 4.69) is 4.72 Å². The first-order valence-corrected chi connectivity index (χ1v) is 13.3. The maximum absolute atomic E-state index is 13.3. The number of nitrogens with zero attached hydrogens (tertiary/aromatic N) is 1. The fraction of sp³-hybridized carbons (Fsp3) is 0.409. The summed E-state index contributed by atoms with van der Waals surface area (Å²) in [4.78, 5) is 15.3. The van der Waals surface area contributed by atoms with Gasteiger partial charge in [0.05, 0.1) is 17.4 Å². The van der Waals surface area contributed by atoms with Crippen LogP contribution in [0, 0.1) is 6.92 Å². The Morgan fingerprint density at radius 2 is 1.55 bits per heavy atom. The molecule has 2 aromatic carbocycles. The van der Waals surface area contributed by atoms with E-state index >= 15 is 0 Å². The highest BCUT2D eigenvalue weighted by Gasteiger charge is 2.43. The molecule has 2 aromatic rings. The number of aryl methyl sites for hydroxylation is 1. The Morgan fingerprint density at radius 1 is 1.00 bits per heavy atom. The van der Waals surface area contributed by atoms with Gasteiger partial charge in [-0.2, -0.15) is 4.72 Å². The second kappa shape index (κ2) is 10.3. The average Bonchev–Trinajstić information content (AvgIpc) is 2.69. The number of hydrogen-bond donors (Lipinski definition) is 1. The number of hydrogen-bond acceptors (Lipinski definition) is 3. The van der Waals surface area contributed by atoms with E-state index in [1.165, 1.54) is 0 Å². The van der Waals surface area contributed by atoms with Crippen molar-refractivity contribution in [2.24, 2.45) is 0 Å². The monoisotopic (exact) mass is 435 g/mol. The molecule has 158 valence electrons. The Morgan fingerprint density at radius 3 is 2.03 bits per heavy atom. The molecule has 0 bridgehead atoms. The van der Waals surface area contributed by atoms with Crippen LogP contribution in [-0.4, -0.2) is 50.1 Å². The standard InChI is InChI=1S/C22H31N2O3S2/c1-6-24(7-2)22(25)21(28(4)5)20(18-11-9-8-10-12-18)23-29(26,27)19-15-13-17(3)14-16-19/h8-16,20-21,23H,6-7H2,1-5H3/q+1/t20-,21-/m0/s1. The molecular weight excluding hydrogens is 404 g/mol. The maximum Gasteiger partial charge on any atom is 0.277 e. The van der Waals surface area contributed by atoms with Crippen molar-refractivity contribution in [1.29, 1.82) is 0 Å². The number of benzene rings is 2. The molecule has 0 fully saturated rings. The Hall–Kier alpha value is -1.83. The van der Waals surface area contributed by atoms with E-state index < -0.39 is 21.3 Å². The Kier molecular flexibility index (Phi) is 8.31. The molecule has 0 heterocycles. The predicted molar refractivity (Wildman–Crippen MR) is 122 cm³/mol. The molecule has 0 unspecified atom stereocenters. The van der Waals surface area contributed by atoms with E-state index in [0.717, 1.165) is 11.1 Å². The summed E-state index contributed by atoms with van der Waals surface area (Å²) in [7, 11) is -4.14. The third-order valence-electron chi connectivity index (χ3n) is 4.90. The molecule has 0 saturated heterocycles. The molecule has 0 aliphatic rings. The van der Waals surface area contributed by atoms with Crippen molar-refractivity contribution in [3.05, 3.63) is 65.7 Å². The highest BCUT2D eigenvalue weighted by molar-refractivity contribution is 7.97. The van der Waals surface area contributed by atoms with Gasteiger partial charge in [0.1, 0.15) is 6.04 Å². The fourth-order valence-electron chi connectivity index (χ4n) is 3.25. The van der Waals surface area contributed by atoms with Crippen molar-refractivity contribution in [3.63, 3.8) is 0 Å². The molecule has 0 aliphatic carbocycles. The number of carbonyl (C=O) groups excluding carboxylic acids is 1. The molecule has 1 N–H and O–H groups in total. The largest absolute Gasteiger partial charge is 0.339 e. The van der Waals surface area contributed by atoms with Crippen LogP contribution < -0.4 is 4.72 Å². The molecule has 2 atom stereocenters. The quantitative estimate of drug-likeness (QED) is 0.616. The summed E-state index contributed by atoms with van der Waals surface area (Å²) in [5.74, 6) is -0.0243. The molecule has 1 amide bonds. The van der Waals surface area contributed by atoms with Crippen molar-refractivity contribution in [1.82, 2.24) is 9.62 Å². The van der Waals surface area contributed by atoms with E-state index in [-0.39, 0.29) is 21.7 Å². The first kappa shape index (κ1) is 23.4. The molecule has 0 radical (unpaired) electrons. The van der Waals surface area contributed by atoms with E-state index in [1.54, 1.807) is 29.2 Å². The van der Waals surface area contributed by atoms with Crippen LogP contribution in [0.4, 0.5) is 0 Å². The average molecular weight is 436 g/mol. The smallest absolute Gasteiger partial charge is 0.277 e. The third kappa shape index (κ3) is 5.84. The third-order valence-corrected chi connectivity index (χ3v) is 7.85. The summed E-state index contributed by atoms with van der Waals surface area (Å²) >= 11 is 0. The minimum absolute atomic E-state index is 0.0243. The summed E-state index contributed by atoms with van der Waals surface area (Å²) < 4.78 is 29.1. The van der Waals surface area contributed by atoms with Crippen LogP contribution in [-0.2, 0) is 25.7 Å². The van der Waals surface area contributed by atoms with Crippen LogP contribution >= 0.6 is 0 Å². The predicted octanol–water partition coefficient (Wildman–Crippen LogP) is 3.13. The Balaban J connectivity index is 2.51. The van der Waals surface area contributed by atoms with E-state index in [1.807, 2.05) is 63.6 Å². The number of amides is 1. The first-order chi connectivity index (χ1) is 13.7. The lowest BCUT2D eigenvalue weighted by Crippen LogP contribution is -2.50. The van der Waals surface area contributed by atoms with Crippen LogP contribution in [0.1, 0.15) is 31.0 Å². The number of rotatable bonds is 9. The molecule has 5 nitrogen and oxygen atoms in total. The molecule has 0 spiro atoms. The Bertz CT molecular complexity index is 893. The summed E-state index contributed by atoms with van der Waals surface area (Å²) in [5, 5.41) is -0.488. The molecule has 2 rings (SSSR count). The van der Waals surface area contributed by atoms with Gasteiger partial charge >= 0.3 is 0 Å². The molecule has 0 saturated carbocycles. The lowest BCUT2D eigenvalue weighted by Gasteiger charge is -2.29. The minimum Gasteiger partial charge on any atom is -0.339 e. The van der Waals surface area contributed by atoms with Gasteiger partial charge in [-0.05, 0) is 49.4 Å². The lowest BCUT2D eigenvalue weighted by molar-refractivity contribution is -0.130. The van der Waals surface area contributed by atoms with Gasteiger partial charge in [-0.25, -0.2) is 8.42 Å². The van der Waals surface area contributed by atoms with Gasteiger partial charge in [-0.15, -0.1) is 0 Å². The van der Waals surface area contributed by atoms with E-state index in [0.29, 0.717) is 13.1 Å². The fourth-order valence-corrected chi connectivity index (χ4v) is 5.89. The molecule has 7 heteroatoms. The van der Waals surface area contributed by atoms with Gasteiger partial charge in [0, 0.05) is 13.1 Å². The van der Waals surface area contributed by atoms with Crippen molar-refractivity contribution < 1.29 is 13.2 Å². The maximum atomic E-state index is 13.3. The number of sulfonamides is 1. The lowest BCUT2D eigenvalue weighted by atomic mass is 10.0. The van der Waals surface area contributed by atoms with Gasteiger partial charge in [-0.3, -0.25) is 4.79 Å². The molecule has 29 heavy (non-hydrogen) atoms. The SMILES string of the molecule is CCN(CC)C(=O)[C@H]([C@@H](NS(=O)(=O)c1ccc(C)cc1)c1ccccc1)[S+](C)C. The van der Waals surface area contributed by atoms with Gasteiger partial charge < -0.3 is 4.90 Å². The number of nitrogens with one attached hydrogen (secondary N) is 1. The van der Waals surface area contributed by atoms with Gasteiger partial charge in [0.2, 0.25) is 15.3 Å². The summed E-state index contributed by atoms with van der Waals surface area (Å²) in [6, 6.07) is 15.5. The highest BCUT2D eigenvalue weighted by atomic mass is 32.2. The second-order valence-electron chi connectivity index (χ2n) is 7.13. The number of carbonyl (C=O) groups is 1. The summed E-state index contributed by atoms with van der Waals surface area (Å²) in [6.45, 7) is 6.98. The van der Waals surface area contributed by atoms with Gasteiger partial charge in [-0.1, -0.05) is 48.0 Å². The van der Waals surface area contributed by atoms with Crippen molar-refractivity contribution in [3.8, 4) is 0 Å². The zero-order valence-electron chi connectivity index (χ0n) is 17.8. The van der Waals surface area contributed by atoms with Crippen molar-refractivity contribution >= 4 is 26.8 Å². The van der Waals surface area contributed by atoms with Gasteiger partial charge in [0.15, 0.2) is 0 Å². The molecular formula is C22H31N2O3S2+. The first-order valence-electron chi connectivity index (χ1n) is 9.70. The Labute approximate surface area is 177 Å². The van der Waals surface area contributed by atoms with Crippen LogP contribution in [0.2, 0.25) is 0 Å². The van der Waals surface area contributed by atoms with Crippen LogP contribution in [0.25, 0.3) is 0 Å².